The molecule has 2 rings (SSSR count). The molecule has 0 spiro atoms. The highest BCUT2D eigenvalue weighted by Gasteiger charge is 2.33. The van der Waals surface area contributed by atoms with Crippen LogP contribution in [0.4, 0.5) is 0 Å². The summed E-state index contributed by atoms with van der Waals surface area (Å²) in [6.07, 6.45) is 8.80. The van der Waals surface area contributed by atoms with Crippen LogP contribution in [0.5, 0.6) is 0 Å². The maximum atomic E-state index is 4.55. The summed E-state index contributed by atoms with van der Waals surface area (Å²) < 4.78 is 0. The molecule has 0 aliphatic heterocycles. The minimum absolute atomic E-state index is 0.744. The lowest BCUT2D eigenvalue weighted by Crippen LogP contribution is -2.12. The summed E-state index contributed by atoms with van der Waals surface area (Å²) in [5.41, 5.74) is 0. The zero-order chi connectivity index (χ0) is 6.97. The SMILES string of the molecule is SC1CC2CCCCC2C1. The average molecular weight is 156 g/mol. The van der Waals surface area contributed by atoms with Crippen molar-refractivity contribution >= 4 is 12.6 Å². The molecule has 2 saturated carbocycles. The summed E-state index contributed by atoms with van der Waals surface area (Å²) in [7, 11) is 0. The molecule has 0 bridgehead atoms. The Balaban J connectivity index is 1.97. The Hall–Kier alpha value is 0.350. The van der Waals surface area contributed by atoms with Crippen LogP contribution in [0.3, 0.4) is 0 Å². The number of fused-ring (bicyclic) bond motifs is 1. The predicted molar refractivity (Wildman–Crippen MR) is 47.5 cm³/mol. The van der Waals surface area contributed by atoms with Crippen molar-refractivity contribution in [2.45, 2.75) is 43.8 Å². The van der Waals surface area contributed by atoms with Gasteiger partial charge in [-0.25, -0.2) is 0 Å². The summed E-state index contributed by atoms with van der Waals surface area (Å²) >= 11 is 4.55. The van der Waals surface area contributed by atoms with Crippen LogP contribution in [0.25, 0.3) is 0 Å². The van der Waals surface area contributed by atoms with Crippen LogP contribution >= 0.6 is 12.6 Å². The summed E-state index contributed by atoms with van der Waals surface area (Å²) in [5.74, 6) is 2.13. The fourth-order valence-corrected chi connectivity index (χ4v) is 3.24. The number of hydrogen-bond acceptors (Lipinski definition) is 1. The molecular weight excluding hydrogens is 140 g/mol. The van der Waals surface area contributed by atoms with E-state index in [2.05, 4.69) is 12.6 Å². The van der Waals surface area contributed by atoms with Crippen LogP contribution < -0.4 is 0 Å². The van der Waals surface area contributed by atoms with Crippen LogP contribution in [0, 0.1) is 11.8 Å². The van der Waals surface area contributed by atoms with E-state index in [4.69, 9.17) is 0 Å². The molecule has 10 heavy (non-hydrogen) atoms. The maximum Gasteiger partial charge on any atom is 0.00222 e. The Morgan fingerprint density at radius 2 is 1.40 bits per heavy atom. The second kappa shape index (κ2) is 2.77. The highest BCUT2D eigenvalue weighted by molar-refractivity contribution is 7.80. The molecule has 2 aliphatic rings. The smallest absolute Gasteiger partial charge is 0.00222 e. The van der Waals surface area contributed by atoms with Crippen molar-refractivity contribution in [2.75, 3.05) is 0 Å². The molecule has 0 heterocycles. The lowest BCUT2D eigenvalue weighted by atomic mass is 9.82. The van der Waals surface area contributed by atoms with Crippen molar-refractivity contribution < 1.29 is 0 Å². The van der Waals surface area contributed by atoms with Gasteiger partial charge in [0.05, 0.1) is 0 Å². The molecule has 0 N–H and O–H groups in total. The van der Waals surface area contributed by atoms with E-state index in [1.165, 1.54) is 38.5 Å². The van der Waals surface area contributed by atoms with Crippen LogP contribution in [-0.4, -0.2) is 5.25 Å². The van der Waals surface area contributed by atoms with Gasteiger partial charge in [0.15, 0.2) is 0 Å². The average Bonchev–Trinajstić information content (AvgIpc) is 2.27. The van der Waals surface area contributed by atoms with Gasteiger partial charge in [-0.3, -0.25) is 0 Å². The summed E-state index contributed by atoms with van der Waals surface area (Å²) in [6, 6.07) is 0. The number of rotatable bonds is 0. The molecular formula is C9H16S. The van der Waals surface area contributed by atoms with Gasteiger partial charge >= 0.3 is 0 Å². The molecule has 1 heteroatoms. The Bertz CT molecular complexity index is 108. The fourth-order valence-electron chi connectivity index (χ4n) is 2.70. The second-order valence-electron chi connectivity index (χ2n) is 3.93. The van der Waals surface area contributed by atoms with Crippen molar-refractivity contribution in [1.82, 2.24) is 0 Å². The first-order valence-corrected chi connectivity index (χ1v) is 5.06. The Kier molecular flexibility index (Phi) is 1.94. The van der Waals surface area contributed by atoms with Crippen molar-refractivity contribution in [3.05, 3.63) is 0 Å². The largest absolute Gasteiger partial charge is 0.176 e. The highest BCUT2D eigenvalue weighted by Crippen LogP contribution is 2.43. The Morgan fingerprint density at radius 3 is 1.90 bits per heavy atom. The van der Waals surface area contributed by atoms with E-state index in [1.54, 1.807) is 0 Å². The van der Waals surface area contributed by atoms with Gasteiger partial charge in [0.1, 0.15) is 0 Å². The van der Waals surface area contributed by atoms with Gasteiger partial charge in [0, 0.05) is 5.25 Å². The zero-order valence-corrected chi connectivity index (χ0v) is 7.32. The molecule has 0 aromatic heterocycles. The normalized spacial score (nSPS) is 47.1. The third-order valence-electron chi connectivity index (χ3n) is 3.22. The highest BCUT2D eigenvalue weighted by atomic mass is 32.1. The minimum Gasteiger partial charge on any atom is -0.176 e. The number of hydrogen-bond donors (Lipinski definition) is 1. The van der Waals surface area contributed by atoms with Gasteiger partial charge in [-0.2, -0.15) is 12.6 Å². The number of thiol groups is 1. The van der Waals surface area contributed by atoms with Gasteiger partial charge in [-0.05, 0) is 24.7 Å². The first kappa shape index (κ1) is 7.02. The molecule has 0 aromatic carbocycles. The van der Waals surface area contributed by atoms with E-state index in [0.717, 1.165) is 17.1 Å². The van der Waals surface area contributed by atoms with E-state index in [-0.39, 0.29) is 0 Å². The van der Waals surface area contributed by atoms with Gasteiger partial charge in [0.25, 0.3) is 0 Å². The first-order chi connectivity index (χ1) is 4.86. The summed E-state index contributed by atoms with van der Waals surface area (Å²) in [4.78, 5) is 0. The molecule has 2 fully saturated rings. The molecule has 2 atom stereocenters. The minimum atomic E-state index is 0.744. The van der Waals surface area contributed by atoms with E-state index >= 15 is 0 Å². The molecule has 2 aliphatic carbocycles. The quantitative estimate of drug-likeness (QED) is 0.512. The van der Waals surface area contributed by atoms with Gasteiger partial charge in [0.2, 0.25) is 0 Å². The third kappa shape index (κ3) is 1.20. The van der Waals surface area contributed by atoms with Crippen LogP contribution in [0.1, 0.15) is 38.5 Å². The molecule has 0 aromatic rings. The van der Waals surface area contributed by atoms with Crippen LogP contribution in [-0.2, 0) is 0 Å². The molecule has 0 amide bonds. The molecule has 0 saturated heterocycles. The Morgan fingerprint density at radius 1 is 0.900 bits per heavy atom. The van der Waals surface area contributed by atoms with Crippen molar-refractivity contribution in [3.63, 3.8) is 0 Å². The van der Waals surface area contributed by atoms with E-state index in [0.29, 0.717) is 0 Å². The van der Waals surface area contributed by atoms with Gasteiger partial charge in [-0.1, -0.05) is 25.7 Å². The van der Waals surface area contributed by atoms with Crippen LogP contribution in [0.15, 0.2) is 0 Å². The molecule has 0 nitrogen and oxygen atoms in total. The zero-order valence-electron chi connectivity index (χ0n) is 6.42. The standard InChI is InChI=1S/C9H16S/c10-9-5-7-3-1-2-4-8(7)6-9/h7-10H,1-6H2. The van der Waals surface area contributed by atoms with Crippen molar-refractivity contribution in [1.29, 1.82) is 0 Å². The van der Waals surface area contributed by atoms with E-state index in [9.17, 15) is 0 Å². The molecule has 2 unspecified atom stereocenters. The first-order valence-electron chi connectivity index (χ1n) is 4.54. The lowest BCUT2D eigenvalue weighted by molar-refractivity contribution is 0.277. The Labute approximate surface area is 68.8 Å². The van der Waals surface area contributed by atoms with Crippen molar-refractivity contribution in [3.8, 4) is 0 Å². The second-order valence-corrected chi connectivity index (χ2v) is 4.66. The summed E-state index contributed by atoms with van der Waals surface area (Å²) in [5, 5.41) is 0.744. The summed E-state index contributed by atoms with van der Waals surface area (Å²) in [6.45, 7) is 0. The molecule has 0 radical (unpaired) electrons. The van der Waals surface area contributed by atoms with E-state index in [1.807, 2.05) is 0 Å². The maximum absolute atomic E-state index is 4.55. The third-order valence-corrected chi connectivity index (χ3v) is 3.64. The van der Waals surface area contributed by atoms with Gasteiger partial charge in [-0.15, -0.1) is 0 Å². The molecule has 58 valence electrons. The van der Waals surface area contributed by atoms with Crippen molar-refractivity contribution in [2.24, 2.45) is 11.8 Å². The lowest BCUT2D eigenvalue weighted by Gasteiger charge is -2.24. The van der Waals surface area contributed by atoms with Crippen LogP contribution in [0.2, 0.25) is 0 Å². The predicted octanol–water partition coefficient (Wildman–Crippen LogP) is 2.89. The van der Waals surface area contributed by atoms with E-state index < -0.39 is 0 Å². The van der Waals surface area contributed by atoms with Gasteiger partial charge < -0.3 is 0 Å². The fraction of sp³-hybridized carbons (Fsp3) is 1.00. The monoisotopic (exact) mass is 156 g/mol. The topological polar surface area (TPSA) is 0 Å².